The minimum absolute atomic E-state index is 0.541. The van der Waals surface area contributed by atoms with Gasteiger partial charge in [-0.25, -0.2) is 9.97 Å². The van der Waals surface area contributed by atoms with E-state index >= 15 is 0 Å². The number of nitrogens with zero attached hydrogens (tertiary/aromatic N) is 3. The number of hydrogen-bond donors (Lipinski definition) is 0. The Kier molecular flexibility index (Phi) is 3.25. The maximum Gasteiger partial charge on any atom is 0.159 e. The van der Waals surface area contributed by atoms with Crippen LogP contribution in [0.3, 0.4) is 0 Å². The summed E-state index contributed by atoms with van der Waals surface area (Å²) in [5.74, 6) is 0.723. The molecule has 0 unspecified atom stereocenters. The molecular weight excluding hydrogens is 198 g/mol. The van der Waals surface area contributed by atoms with Crippen LogP contribution in [-0.4, -0.2) is 9.97 Å². The summed E-state index contributed by atoms with van der Waals surface area (Å²) in [6.45, 7) is 0. The molecule has 0 aliphatic heterocycles. The predicted molar refractivity (Wildman–Crippen MR) is 61.4 cm³/mol. The highest BCUT2D eigenvalue weighted by Crippen LogP contribution is 2.16. The second kappa shape index (κ2) is 5.04. The molecule has 3 nitrogen and oxygen atoms in total. The van der Waals surface area contributed by atoms with E-state index < -0.39 is 0 Å². The Balaban J connectivity index is 2.26. The van der Waals surface area contributed by atoms with Gasteiger partial charge in [0.05, 0.1) is 6.07 Å². The van der Waals surface area contributed by atoms with Gasteiger partial charge >= 0.3 is 0 Å². The third-order valence-corrected chi connectivity index (χ3v) is 2.28. The fourth-order valence-corrected chi connectivity index (χ4v) is 1.51. The molecule has 0 spiro atoms. The van der Waals surface area contributed by atoms with Crippen molar-refractivity contribution in [2.45, 2.75) is 12.8 Å². The first-order valence-corrected chi connectivity index (χ1v) is 5.13. The standard InChI is InChI=1S/C13H11N3/c14-7-2-5-11-4-1-6-12(10-11)13-15-8-3-9-16-13/h1,3-4,6,8-10H,2,5H2. The smallest absolute Gasteiger partial charge is 0.159 e. The first kappa shape index (κ1) is 10.3. The van der Waals surface area contributed by atoms with E-state index in [1.165, 1.54) is 0 Å². The van der Waals surface area contributed by atoms with Gasteiger partial charge in [-0.15, -0.1) is 0 Å². The van der Waals surface area contributed by atoms with E-state index in [0.717, 1.165) is 23.4 Å². The van der Waals surface area contributed by atoms with Crippen molar-refractivity contribution in [1.29, 1.82) is 5.26 Å². The molecule has 0 saturated carbocycles. The molecule has 1 aromatic carbocycles. The summed E-state index contributed by atoms with van der Waals surface area (Å²) >= 11 is 0. The van der Waals surface area contributed by atoms with Crippen LogP contribution in [0, 0.1) is 11.3 Å². The maximum absolute atomic E-state index is 8.54. The summed E-state index contributed by atoms with van der Waals surface area (Å²) in [4.78, 5) is 8.39. The summed E-state index contributed by atoms with van der Waals surface area (Å²) in [5, 5.41) is 8.54. The van der Waals surface area contributed by atoms with Crippen molar-refractivity contribution in [3.05, 3.63) is 48.3 Å². The molecule has 0 saturated heterocycles. The molecular formula is C13H11N3. The average molecular weight is 209 g/mol. The molecule has 1 heterocycles. The van der Waals surface area contributed by atoms with Gasteiger partial charge in [-0.3, -0.25) is 0 Å². The Morgan fingerprint density at radius 3 is 2.69 bits per heavy atom. The van der Waals surface area contributed by atoms with Gasteiger partial charge in [-0.1, -0.05) is 18.2 Å². The summed E-state index contributed by atoms with van der Waals surface area (Å²) in [7, 11) is 0. The number of aryl methyl sites for hydroxylation is 1. The van der Waals surface area contributed by atoms with Crippen molar-refractivity contribution < 1.29 is 0 Å². The molecule has 0 amide bonds. The van der Waals surface area contributed by atoms with Crippen LogP contribution in [0.5, 0.6) is 0 Å². The molecule has 0 fully saturated rings. The van der Waals surface area contributed by atoms with E-state index in [4.69, 9.17) is 5.26 Å². The van der Waals surface area contributed by atoms with Gasteiger partial charge in [0.2, 0.25) is 0 Å². The molecule has 2 aromatic rings. The number of hydrogen-bond acceptors (Lipinski definition) is 3. The lowest BCUT2D eigenvalue weighted by Gasteiger charge is -2.02. The number of aromatic nitrogens is 2. The Hall–Kier alpha value is -2.21. The van der Waals surface area contributed by atoms with E-state index in [-0.39, 0.29) is 0 Å². The molecule has 2 rings (SSSR count). The van der Waals surface area contributed by atoms with Crippen LogP contribution < -0.4 is 0 Å². The van der Waals surface area contributed by atoms with Crippen LogP contribution in [-0.2, 0) is 6.42 Å². The van der Waals surface area contributed by atoms with Crippen molar-refractivity contribution in [3.8, 4) is 17.5 Å². The second-order valence-electron chi connectivity index (χ2n) is 3.43. The minimum atomic E-state index is 0.541. The first-order valence-electron chi connectivity index (χ1n) is 5.13. The van der Waals surface area contributed by atoms with Gasteiger partial charge in [-0.05, 0) is 24.1 Å². The third kappa shape index (κ3) is 2.43. The zero-order chi connectivity index (χ0) is 11.2. The first-order chi connectivity index (χ1) is 7.90. The van der Waals surface area contributed by atoms with Crippen LogP contribution in [0.4, 0.5) is 0 Å². The predicted octanol–water partition coefficient (Wildman–Crippen LogP) is 2.60. The Labute approximate surface area is 94.4 Å². The molecule has 16 heavy (non-hydrogen) atoms. The van der Waals surface area contributed by atoms with Gasteiger partial charge in [0.15, 0.2) is 5.82 Å². The zero-order valence-electron chi connectivity index (χ0n) is 8.80. The Morgan fingerprint density at radius 1 is 1.12 bits per heavy atom. The summed E-state index contributed by atoms with van der Waals surface area (Å²) in [5.41, 5.74) is 2.14. The van der Waals surface area contributed by atoms with Crippen molar-refractivity contribution in [1.82, 2.24) is 9.97 Å². The maximum atomic E-state index is 8.54. The third-order valence-electron chi connectivity index (χ3n) is 2.28. The highest BCUT2D eigenvalue weighted by molar-refractivity contribution is 5.55. The normalized spacial score (nSPS) is 9.69. The number of nitriles is 1. The van der Waals surface area contributed by atoms with E-state index in [2.05, 4.69) is 16.0 Å². The van der Waals surface area contributed by atoms with Crippen molar-refractivity contribution in [2.75, 3.05) is 0 Å². The van der Waals surface area contributed by atoms with E-state index in [9.17, 15) is 0 Å². The monoisotopic (exact) mass is 209 g/mol. The van der Waals surface area contributed by atoms with Crippen LogP contribution >= 0.6 is 0 Å². The van der Waals surface area contributed by atoms with Crippen molar-refractivity contribution in [3.63, 3.8) is 0 Å². The lowest BCUT2D eigenvalue weighted by atomic mass is 10.1. The Morgan fingerprint density at radius 2 is 1.94 bits per heavy atom. The van der Waals surface area contributed by atoms with Gasteiger partial charge < -0.3 is 0 Å². The number of benzene rings is 1. The van der Waals surface area contributed by atoms with Crippen molar-refractivity contribution in [2.24, 2.45) is 0 Å². The molecule has 0 N–H and O–H groups in total. The summed E-state index contributed by atoms with van der Waals surface area (Å²) < 4.78 is 0. The van der Waals surface area contributed by atoms with E-state index in [1.54, 1.807) is 18.5 Å². The highest BCUT2D eigenvalue weighted by atomic mass is 14.8. The SMILES string of the molecule is N#CCCc1cccc(-c2ncccn2)c1. The van der Waals surface area contributed by atoms with E-state index in [1.807, 2.05) is 24.3 Å². The Bertz CT molecular complexity index is 500. The largest absolute Gasteiger partial charge is 0.237 e. The van der Waals surface area contributed by atoms with Gasteiger partial charge in [0.1, 0.15) is 0 Å². The highest BCUT2D eigenvalue weighted by Gasteiger charge is 2.00. The van der Waals surface area contributed by atoms with Crippen LogP contribution in [0.2, 0.25) is 0 Å². The van der Waals surface area contributed by atoms with Crippen LogP contribution in [0.25, 0.3) is 11.4 Å². The molecule has 3 heteroatoms. The van der Waals surface area contributed by atoms with Crippen LogP contribution in [0.15, 0.2) is 42.7 Å². The molecule has 0 radical (unpaired) electrons. The van der Waals surface area contributed by atoms with E-state index in [0.29, 0.717) is 6.42 Å². The molecule has 0 aliphatic carbocycles. The zero-order valence-corrected chi connectivity index (χ0v) is 8.80. The van der Waals surface area contributed by atoms with Crippen molar-refractivity contribution >= 4 is 0 Å². The molecule has 1 aromatic heterocycles. The summed E-state index contributed by atoms with van der Waals surface area (Å²) in [6.07, 6.45) is 4.77. The molecule has 0 aliphatic rings. The molecule has 0 atom stereocenters. The quantitative estimate of drug-likeness (QED) is 0.780. The van der Waals surface area contributed by atoms with Gasteiger partial charge in [0, 0.05) is 24.4 Å². The molecule has 78 valence electrons. The number of rotatable bonds is 3. The van der Waals surface area contributed by atoms with Gasteiger partial charge in [-0.2, -0.15) is 5.26 Å². The van der Waals surface area contributed by atoms with Crippen LogP contribution in [0.1, 0.15) is 12.0 Å². The second-order valence-corrected chi connectivity index (χ2v) is 3.43. The topological polar surface area (TPSA) is 49.6 Å². The lowest BCUT2D eigenvalue weighted by Crippen LogP contribution is -1.89. The summed E-state index contributed by atoms with van der Waals surface area (Å²) in [6, 6.07) is 11.9. The molecule has 0 bridgehead atoms. The minimum Gasteiger partial charge on any atom is -0.237 e. The average Bonchev–Trinajstić information content (AvgIpc) is 2.38. The van der Waals surface area contributed by atoms with Gasteiger partial charge in [0.25, 0.3) is 0 Å². The fourth-order valence-electron chi connectivity index (χ4n) is 1.51. The fraction of sp³-hybridized carbons (Fsp3) is 0.154. The lowest BCUT2D eigenvalue weighted by molar-refractivity contribution is 1.01.